The Hall–Kier alpha value is -1.10. The smallest absolute Gasteiger partial charge is 0.323 e. The van der Waals surface area contributed by atoms with Crippen LogP contribution in [0.1, 0.15) is 26.7 Å². The van der Waals surface area contributed by atoms with Crippen LogP contribution in [0.15, 0.2) is 0 Å². The summed E-state index contributed by atoms with van der Waals surface area (Å²) in [5.41, 5.74) is 0. The average Bonchev–Trinajstić information content (AvgIpc) is 2.21. The minimum absolute atomic E-state index is 0.0505. The van der Waals surface area contributed by atoms with Crippen molar-refractivity contribution in [1.82, 2.24) is 4.90 Å². The highest BCUT2D eigenvalue weighted by Gasteiger charge is 2.20. The predicted molar refractivity (Wildman–Crippen MR) is 55.6 cm³/mol. The zero-order valence-electron chi connectivity index (χ0n) is 9.52. The Morgan fingerprint density at radius 2 is 2.07 bits per heavy atom. The molecule has 0 aromatic heterocycles. The van der Waals surface area contributed by atoms with Crippen molar-refractivity contribution < 1.29 is 19.4 Å². The second kappa shape index (κ2) is 7.23. The molecular weight excluding hydrogens is 198 g/mol. The summed E-state index contributed by atoms with van der Waals surface area (Å²) >= 11 is 0. The lowest BCUT2D eigenvalue weighted by atomic mass is 10.2. The van der Waals surface area contributed by atoms with E-state index in [1.807, 2.05) is 13.8 Å². The van der Waals surface area contributed by atoms with Gasteiger partial charge >= 0.3 is 5.97 Å². The second-order valence-corrected chi connectivity index (χ2v) is 3.42. The zero-order chi connectivity index (χ0) is 11.8. The summed E-state index contributed by atoms with van der Waals surface area (Å²) in [6.07, 6.45) is 0.972. The first-order chi connectivity index (χ1) is 7.02. The van der Waals surface area contributed by atoms with Gasteiger partial charge in [-0.3, -0.25) is 9.59 Å². The lowest BCUT2D eigenvalue weighted by Gasteiger charge is -2.26. The SMILES string of the molecule is CCC(C)N(CC(=O)O)C(=O)CCOC. The molecule has 0 fully saturated rings. The molecule has 1 amide bonds. The Morgan fingerprint density at radius 3 is 2.47 bits per heavy atom. The maximum absolute atomic E-state index is 11.6. The van der Waals surface area contributed by atoms with Crippen molar-refractivity contribution in [1.29, 1.82) is 0 Å². The molecule has 0 saturated carbocycles. The van der Waals surface area contributed by atoms with Gasteiger partial charge in [0.25, 0.3) is 0 Å². The fourth-order valence-electron chi connectivity index (χ4n) is 1.19. The van der Waals surface area contributed by atoms with Gasteiger partial charge in [0.05, 0.1) is 13.0 Å². The van der Waals surface area contributed by atoms with Crippen LogP contribution in [0, 0.1) is 0 Å². The molecule has 0 aliphatic carbocycles. The van der Waals surface area contributed by atoms with Gasteiger partial charge in [-0.1, -0.05) is 6.92 Å². The van der Waals surface area contributed by atoms with Gasteiger partial charge in [-0.05, 0) is 13.3 Å². The van der Waals surface area contributed by atoms with Gasteiger partial charge in [0.2, 0.25) is 5.91 Å². The highest BCUT2D eigenvalue weighted by molar-refractivity contribution is 5.81. The van der Waals surface area contributed by atoms with Crippen molar-refractivity contribution in [3.05, 3.63) is 0 Å². The van der Waals surface area contributed by atoms with Crippen molar-refractivity contribution in [2.45, 2.75) is 32.7 Å². The Kier molecular flexibility index (Phi) is 6.70. The predicted octanol–water partition coefficient (Wildman–Crippen LogP) is 0.735. The van der Waals surface area contributed by atoms with Crippen LogP contribution in [-0.2, 0) is 14.3 Å². The van der Waals surface area contributed by atoms with Crippen LogP contribution in [0.3, 0.4) is 0 Å². The van der Waals surface area contributed by atoms with Crippen molar-refractivity contribution in [3.8, 4) is 0 Å². The molecular formula is C10H19NO4. The molecule has 5 heteroatoms. The first kappa shape index (κ1) is 13.9. The molecule has 1 unspecified atom stereocenters. The number of nitrogens with zero attached hydrogens (tertiary/aromatic N) is 1. The third-order valence-corrected chi connectivity index (χ3v) is 2.27. The lowest BCUT2D eigenvalue weighted by Crippen LogP contribution is -2.42. The maximum Gasteiger partial charge on any atom is 0.323 e. The van der Waals surface area contributed by atoms with E-state index >= 15 is 0 Å². The molecule has 5 nitrogen and oxygen atoms in total. The standard InChI is InChI=1S/C10H19NO4/c1-4-8(2)11(7-10(13)14)9(12)5-6-15-3/h8H,4-7H2,1-3H3,(H,13,14). The van der Waals surface area contributed by atoms with E-state index in [4.69, 9.17) is 9.84 Å². The molecule has 15 heavy (non-hydrogen) atoms. The molecule has 0 aliphatic heterocycles. The Bertz CT molecular complexity index is 217. The first-order valence-electron chi connectivity index (χ1n) is 5.03. The number of hydrogen-bond donors (Lipinski definition) is 1. The minimum atomic E-state index is -0.985. The molecule has 0 heterocycles. The maximum atomic E-state index is 11.6. The summed E-state index contributed by atoms with van der Waals surface area (Å²) in [4.78, 5) is 23.6. The number of carboxylic acids is 1. The van der Waals surface area contributed by atoms with Crippen LogP contribution >= 0.6 is 0 Å². The number of aliphatic carboxylic acids is 1. The third-order valence-electron chi connectivity index (χ3n) is 2.27. The van der Waals surface area contributed by atoms with Crippen LogP contribution in [0.5, 0.6) is 0 Å². The Balaban J connectivity index is 4.33. The molecule has 0 aromatic rings. The van der Waals surface area contributed by atoms with E-state index in [-0.39, 0.29) is 24.9 Å². The molecule has 0 bridgehead atoms. The molecule has 88 valence electrons. The first-order valence-corrected chi connectivity index (χ1v) is 5.03. The number of hydrogen-bond acceptors (Lipinski definition) is 3. The van der Waals surface area contributed by atoms with Crippen molar-refractivity contribution in [2.75, 3.05) is 20.3 Å². The van der Waals surface area contributed by atoms with E-state index in [1.54, 1.807) is 0 Å². The van der Waals surface area contributed by atoms with Crippen molar-refractivity contribution in [2.24, 2.45) is 0 Å². The monoisotopic (exact) mass is 217 g/mol. The Morgan fingerprint density at radius 1 is 1.47 bits per heavy atom. The fourth-order valence-corrected chi connectivity index (χ4v) is 1.19. The lowest BCUT2D eigenvalue weighted by molar-refractivity contribution is -0.146. The summed E-state index contributed by atoms with van der Waals surface area (Å²) in [5, 5.41) is 8.68. The molecule has 0 saturated heterocycles. The van der Waals surface area contributed by atoms with Crippen molar-refractivity contribution in [3.63, 3.8) is 0 Å². The normalized spacial score (nSPS) is 12.2. The molecule has 0 rings (SSSR count). The number of carboxylic acid groups (broad SMARTS) is 1. The highest BCUT2D eigenvalue weighted by atomic mass is 16.5. The van der Waals surface area contributed by atoms with Gasteiger partial charge in [0.1, 0.15) is 6.54 Å². The number of rotatable bonds is 7. The van der Waals surface area contributed by atoms with E-state index in [0.29, 0.717) is 6.61 Å². The van der Waals surface area contributed by atoms with Gasteiger partial charge in [-0.2, -0.15) is 0 Å². The van der Waals surface area contributed by atoms with E-state index in [9.17, 15) is 9.59 Å². The summed E-state index contributed by atoms with van der Waals surface area (Å²) < 4.78 is 4.79. The number of methoxy groups -OCH3 is 1. The van der Waals surface area contributed by atoms with Gasteiger partial charge in [0.15, 0.2) is 0 Å². The minimum Gasteiger partial charge on any atom is -0.480 e. The number of ether oxygens (including phenoxy) is 1. The van der Waals surface area contributed by atoms with Crippen LogP contribution in [0.2, 0.25) is 0 Å². The van der Waals surface area contributed by atoms with E-state index in [1.165, 1.54) is 12.0 Å². The summed E-state index contributed by atoms with van der Waals surface area (Å²) in [6.45, 7) is 3.85. The topological polar surface area (TPSA) is 66.8 Å². The van der Waals surface area contributed by atoms with Gasteiger partial charge in [-0.25, -0.2) is 0 Å². The number of amides is 1. The van der Waals surface area contributed by atoms with Crippen LogP contribution < -0.4 is 0 Å². The zero-order valence-corrected chi connectivity index (χ0v) is 9.52. The molecule has 0 spiro atoms. The van der Waals surface area contributed by atoms with E-state index < -0.39 is 5.97 Å². The van der Waals surface area contributed by atoms with Gasteiger partial charge < -0.3 is 14.7 Å². The van der Waals surface area contributed by atoms with Crippen LogP contribution in [0.25, 0.3) is 0 Å². The quantitative estimate of drug-likeness (QED) is 0.682. The van der Waals surface area contributed by atoms with Crippen LogP contribution in [-0.4, -0.2) is 48.2 Å². The second-order valence-electron chi connectivity index (χ2n) is 3.42. The molecule has 1 N–H and O–H groups in total. The molecule has 0 aliphatic rings. The van der Waals surface area contributed by atoms with Crippen LogP contribution in [0.4, 0.5) is 0 Å². The Labute approximate surface area is 90.0 Å². The van der Waals surface area contributed by atoms with Gasteiger partial charge in [-0.15, -0.1) is 0 Å². The average molecular weight is 217 g/mol. The molecule has 0 aromatic carbocycles. The molecule has 1 atom stereocenters. The summed E-state index contributed by atoms with van der Waals surface area (Å²) in [6, 6.07) is -0.0505. The van der Waals surface area contributed by atoms with E-state index in [0.717, 1.165) is 6.42 Å². The van der Waals surface area contributed by atoms with Gasteiger partial charge in [0, 0.05) is 13.2 Å². The number of carbonyl (C=O) groups excluding carboxylic acids is 1. The van der Waals surface area contributed by atoms with E-state index in [2.05, 4.69) is 0 Å². The number of carbonyl (C=O) groups is 2. The fraction of sp³-hybridized carbons (Fsp3) is 0.800. The summed E-state index contributed by atoms with van der Waals surface area (Å²) in [5.74, 6) is -1.16. The van der Waals surface area contributed by atoms with Crippen molar-refractivity contribution >= 4 is 11.9 Å². The third kappa shape index (κ3) is 5.37. The summed E-state index contributed by atoms with van der Waals surface area (Å²) in [7, 11) is 1.51. The molecule has 0 radical (unpaired) electrons. The largest absolute Gasteiger partial charge is 0.480 e. The highest BCUT2D eigenvalue weighted by Crippen LogP contribution is 2.05.